The first kappa shape index (κ1) is 11.8. The van der Waals surface area contributed by atoms with Crippen molar-refractivity contribution in [3.05, 3.63) is 46.5 Å². The summed E-state index contributed by atoms with van der Waals surface area (Å²) in [5.41, 5.74) is 2.65. The summed E-state index contributed by atoms with van der Waals surface area (Å²) in [7, 11) is 1.76. The lowest BCUT2D eigenvalue weighted by molar-refractivity contribution is 0.0992. The lowest BCUT2D eigenvalue weighted by atomic mass is 10.1. The lowest BCUT2D eigenvalue weighted by Crippen LogP contribution is -2.26. The van der Waals surface area contributed by atoms with Crippen molar-refractivity contribution >= 4 is 22.4 Å². The fourth-order valence-corrected chi connectivity index (χ4v) is 2.34. The van der Waals surface area contributed by atoms with Gasteiger partial charge in [-0.05, 0) is 25.5 Å². The predicted molar refractivity (Wildman–Crippen MR) is 70.8 cm³/mol. The van der Waals surface area contributed by atoms with E-state index in [1.165, 1.54) is 11.3 Å². The molecule has 1 aromatic heterocycles. The Morgan fingerprint density at radius 1 is 1.29 bits per heavy atom. The molecule has 0 aliphatic carbocycles. The van der Waals surface area contributed by atoms with Crippen molar-refractivity contribution in [3.63, 3.8) is 0 Å². The van der Waals surface area contributed by atoms with Gasteiger partial charge in [0.2, 0.25) is 0 Å². The first-order chi connectivity index (χ1) is 8.09. The highest BCUT2D eigenvalue weighted by atomic mass is 32.1. The number of aromatic nitrogens is 1. The minimum atomic E-state index is -0.0162. The predicted octanol–water partition coefficient (Wildman–Crippen LogP) is 3.04. The van der Waals surface area contributed by atoms with Gasteiger partial charge in [0.25, 0.3) is 5.91 Å². The normalized spacial score (nSPS) is 10.3. The molecule has 0 saturated heterocycles. The van der Waals surface area contributed by atoms with Crippen LogP contribution in [0.3, 0.4) is 0 Å². The van der Waals surface area contributed by atoms with Gasteiger partial charge in [0.05, 0.1) is 5.69 Å². The molecule has 4 heteroatoms. The van der Waals surface area contributed by atoms with Crippen LogP contribution >= 0.6 is 11.3 Å². The molecule has 0 unspecified atom stereocenters. The zero-order chi connectivity index (χ0) is 12.4. The van der Waals surface area contributed by atoms with Crippen LogP contribution in [-0.4, -0.2) is 17.9 Å². The molecule has 1 aromatic carbocycles. The van der Waals surface area contributed by atoms with Gasteiger partial charge in [-0.1, -0.05) is 18.2 Å². The van der Waals surface area contributed by atoms with Crippen molar-refractivity contribution < 1.29 is 4.79 Å². The van der Waals surface area contributed by atoms with Crippen LogP contribution in [0.25, 0.3) is 0 Å². The maximum atomic E-state index is 12.3. The van der Waals surface area contributed by atoms with Crippen LogP contribution in [0.5, 0.6) is 0 Å². The molecule has 0 N–H and O–H groups in total. The largest absolute Gasteiger partial charge is 0.287 e. The summed E-state index contributed by atoms with van der Waals surface area (Å²) < 4.78 is 0. The van der Waals surface area contributed by atoms with Crippen LogP contribution in [0.15, 0.2) is 29.6 Å². The number of rotatable bonds is 2. The molecular formula is C13H14N2OS. The van der Waals surface area contributed by atoms with E-state index in [4.69, 9.17) is 0 Å². The van der Waals surface area contributed by atoms with Crippen LogP contribution in [-0.2, 0) is 0 Å². The second kappa shape index (κ2) is 4.67. The maximum Gasteiger partial charge on any atom is 0.260 e. The highest BCUT2D eigenvalue weighted by Gasteiger charge is 2.17. The van der Waals surface area contributed by atoms with Crippen molar-refractivity contribution in [1.82, 2.24) is 4.98 Å². The second-order valence-corrected chi connectivity index (χ2v) is 4.79. The third-order valence-electron chi connectivity index (χ3n) is 2.57. The van der Waals surface area contributed by atoms with E-state index in [-0.39, 0.29) is 5.91 Å². The van der Waals surface area contributed by atoms with Gasteiger partial charge >= 0.3 is 0 Å². The van der Waals surface area contributed by atoms with E-state index in [1.807, 2.05) is 43.5 Å². The highest BCUT2D eigenvalue weighted by molar-refractivity contribution is 7.14. The number of nitrogens with zero attached hydrogens (tertiary/aromatic N) is 2. The Hall–Kier alpha value is -1.68. The summed E-state index contributed by atoms with van der Waals surface area (Å²) in [6.45, 7) is 3.86. The van der Waals surface area contributed by atoms with Crippen LogP contribution in [0.1, 0.15) is 21.6 Å². The summed E-state index contributed by atoms with van der Waals surface area (Å²) in [6, 6.07) is 7.59. The monoisotopic (exact) mass is 246 g/mol. The molecule has 88 valence electrons. The third kappa shape index (κ3) is 2.36. The van der Waals surface area contributed by atoms with Crippen LogP contribution < -0.4 is 4.90 Å². The minimum Gasteiger partial charge on any atom is -0.287 e. The van der Waals surface area contributed by atoms with Gasteiger partial charge in [0, 0.05) is 18.0 Å². The van der Waals surface area contributed by atoms with Gasteiger partial charge in [-0.15, -0.1) is 11.3 Å². The van der Waals surface area contributed by atoms with E-state index in [9.17, 15) is 4.79 Å². The molecule has 1 heterocycles. The smallest absolute Gasteiger partial charge is 0.260 e. The van der Waals surface area contributed by atoms with Crippen molar-refractivity contribution in [1.29, 1.82) is 0 Å². The van der Waals surface area contributed by atoms with E-state index >= 15 is 0 Å². The van der Waals surface area contributed by atoms with Gasteiger partial charge in [-0.3, -0.25) is 9.69 Å². The molecule has 0 spiro atoms. The summed E-state index contributed by atoms with van der Waals surface area (Å²) >= 11 is 1.48. The fourth-order valence-electron chi connectivity index (χ4n) is 1.58. The molecule has 2 rings (SSSR count). The molecule has 0 aliphatic rings. The number of carbonyl (C=O) groups excluding carboxylic acids is 1. The molecule has 0 bridgehead atoms. The van der Waals surface area contributed by atoms with Gasteiger partial charge in [0.15, 0.2) is 5.13 Å². The van der Waals surface area contributed by atoms with Crippen molar-refractivity contribution in [2.75, 3.05) is 11.9 Å². The zero-order valence-electron chi connectivity index (χ0n) is 10.1. The average molecular weight is 246 g/mol. The SMILES string of the molecule is Cc1csc(N(C)C(=O)c2ccccc2C)n1. The van der Waals surface area contributed by atoms with E-state index in [1.54, 1.807) is 11.9 Å². The molecule has 2 aromatic rings. The Morgan fingerprint density at radius 2 is 2.00 bits per heavy atom. The molecule has 0 radical (unpaired) electrons. The van der Waals surface area contributed by atoms with Gasteiger partial charge < -0.3 is 0 Å². The fraction of sp³-hybridized carbons (Fsp3) is 0.231. The molecule has 17 heavy (non-hydrogen) atoms. The highest BCUT2D eigenvalue weighted by Crippen LogP contribution is 2.21. The average Bonchev–Trinajstić information content (AvgIpc) is 2.75. The first-order valence-electron chi connectivity index (χ1n) is 5.35. The number of anilines is 1. The Kier molecular flexibility index (Phi) is 3.24. The van der Waals surface area contributed by atoms with Crippen LogP contribution in [0, 0.1) is 13.8 Å². The Bertz CT molecular complexity index is 548. The second-order valence-electron chi connectivity index (χ2n) is 3.95. The van der Waals surface area contributed by atoms with Gasteiger partial charge in [-0.25, -0.2) is 4.98 Å². The summed E-state index contributed by atoms with van der Waals surface area (Å²) in [4.78, 5) is 18.2. The molecular weight excluding hydrogens is 232 g/mol. The van der Waals surface area contributed by atoms with Crippen molar-refractivity contribution in [2.45, 2.75) is 13.8 Å². The number of amides is 1. The van der Waals surface area contributed by atoms with E-state index in [0.717, 1.165) is 22.0 Å². The maximum absolute atomic E-state index is 12.3. The number of thiazole rings is 1. The van der Waals surface area contributed by atoms with E-state index < -0.39 is 0 Å². The number of hydrogen-bond acceptors (Lipinski definition) is 3. The standard InChI is InChI=1S/C13H14N2OS/c1-9-6-4-5-7-11(9)12(16)15(3)13-14-10(2)8-17-13/h4-8H,1-3H3. The summed E-state index contributed by atoms with van der Waals surface area (Å²) in [5.74, 6) is -0.0162. The van der Waals surface area contributed by atoms with Crippen molar-refractivity contribution in [3.8, 4) is 0 Å². The minimum absolute atomic E-state index is 0.0162. The number of aryl methyl sites for hydroxylation is 2. The van der Waals surface area contributed by atoms with Gasteiger partial charge in [-0.2, -0.15) is 0 Å². The summed E-state index contributed by atoms with van der Waals surface area (Å²) in [5, 5.41) is 2.67. The molecule has 0 saturated carbocycles. The molecule has 0 fully saturated rings. The quantitative estimate of drug-likeness (QED) is 0.816. The van der Waals surface area contributed by atoms with Crippen molar-refractivity contribution in [2.24, 2.45) is 0 Å². The number of carbonyl (C=O) groups is 1. The van der Waals surface area contributed by atoms with E-state index in [2.05, 4.69) is 4.98 Å². The third-order valence-corrected chi connectivity index (χ3v) is 3.61. The lowest BCUT2D eigenvalue weighted by Gasteiger charge is -2.15. The zero-order valence-corrected chi connectivity index (χ0v) is 10.9. The van der Waals surface area contributed by atoms with E-state index in [0.29, 0.717) is 0 Å². The van der Waals surface area contributed by atoms with Crippen LogP contribution in [0.4, 0.5) is 5.13 Å². The first-order valence-corrected chi connectivity index (χ1v) is 6.23. The number of hydrogen-bond donors (Lipinski definition) is 0. The topological polar surface area (TPSA) is 33.2 Å². The number of benzene rings is 1. The summed E-state index contributed by atoms with van der Waals surface area (Å²) in [6.07, 6.45) is 0. The Morgan fingerprint density at radius 3 is 2.59 bits per heavy atom. The molecule has 0 aliphatic heterocycles. The van der Waals surface area contributed by atoms with Gasteiger partial charge in [0.1, 0.15) is 0 Å². The Labute approximate surface area is 105 Å². The Balaban J connectivity index is 2.30. The molecule has 1 amide bonds. The molecule has 3 nitrogen and oxygen atoms in total. The molecule has 0 atom stereocenters. The van der Waals surface area contributed by atoms with Crippen LogP contribution in [0.2, 0.25) is 0 Å².